The number of hydrogen-bond donors (Lipinski definition) is 3. The average Bonchev–Trinajstić information content (AvgIpc) is 2.90. The molecule has 0 spiro atoms. The van der Waals surface area contributed by atoms with Crippen molar-refractivity contribution in [3.8, 4) is 0 Å². The van der Waals surface area contributed by atoms with Crippen LogP contribution in [0.5, 0.6) is 0 Å². The number of morpholine rings is 2. The number of hydrogen-bond acceptors (Lipinski definition) is 10. The molecule has 0 aliphatic carbocycles. The summed E-state index contributed by atoms with van der Waals surface area (Å²) < 4.78 is 32.3. The molecular weight excluding hydrogens is 459 g/mol. The molecule has 10 nitrogen and oxygen atoms in total. The topological polar surface area (TPSA) is 138 Å². The quantitative estimate of drug-likeness (QED) is 0.320. The van der Waals surface area contributed by atoms with E-state index in [1.54, 1.807) is 0 Å². The molecular formula is C24H33FN4O6. The zero-order chi connectivity index (χ0) is 25.5. The monoisotopic (exact) mass is 492 g/mol. The number of nitrogens with two attached hydrogens (primary N) is 2. The number of rotatable bonds is 5. The third-order valence-corrected chi connectivity index (χ3v) is 5.00. The summed E-state index contributed by atoms with van der Waals surface area (Å²) in [4.78, 5) is 23.3. The van der Waals surface area contributed by atoms with Crippen molar-refractivity contribution in [2.45, 2.75) is 6.61 Å². The molecule has 0 saturated carbocycles. The maximum absolute atomic E-state index is 12.9. The minimum atomic E-state index is -0.722. The van der Waals surface area contributed by atoms with Crippen LogP contribution in [0.4, 0.5) is 21.5 Å². The van der Waals surface area contributed by atoms with E-state index >= 15 is 0 Å². The number of halogens is 1. The van der Waals surface area contributed by atoms with Gasteiger partial charge in [-0.1, -0.05) is 0 Å². The summed E-state index contributed by atoms with van der Waals surface area (Å²) in [5.41, 5.74) is 13.9. The van der Waals surface area contributed by atoms with Crippen molar-refractivity contribution in [3.05, 3.63) is 53.3 Å². The summed E-state index contributed by atoms with van der Waals surface area (Å²) in [6, 6.07) is 9.40. The average molecular weight is 493 g/mol. The molecule has 0 unspecified atom stereocenters. The van der Waals surface area contributed by atoms with Gasteiger partial charge in [-0.25, -0.2) is 9.18 Å². The number of benzene rings is 2. The highest BCUT2D eigenvalue weighted by atomic mass is 19.1. The van der Waals surface area contributed by atoms with Crippen LogP contribution in [0, 0.1) is 5.82 Å². The van der Waals surface area contributed by atoms with Gasteiger partial charge in [-0.3, -0.25) is 4.79 Å². The molecule has 2 aliphatic rings. The van der Waals surface area contributed by atoms with Crippen molar-refractivity contribution in [3.63, 3.8) is 0 Å². The summed E-state index contributed by atoms with van der Waals surface area (Å²) in [6.07, 6.45) is 0. The first kappa shape index (κ1) is 27.8. The maximum atomic E-state index is 12.9. The summed E-state index contributed by atoms with van der Waals surface area (Å²) in [5, 5.41) is 3.16. The van der Waals surface area contributed by atoms with Crippen LogP contribution in [0.2, 0.25) is 0 Å². The molecule has 2 saturated heterocycles. The fourth-order valence-electron chi connectivity index (χ4n) is 3.28. The Bertz CT molecular complexity index is 925. The molecule has 35 heavy (non-hydrogen) atoms. The second kappa shape index (κ2) is 15.5. The van der Waals surface area contributed by atoms with Crippen LogP contribution in [0.15, 0.2) is 36.4 Å². The van der Waals surface area contributed by atoms with Gasteiger partial charge in [0.05, 0.1) is 39.1 Å². The molecule has 192 valence electrons. The minimum Gasteiger partial charge on any atom is -0.465 e. The number of carbonyl (C=O) groups excluding carboxylic acids is 2. The largest absolute Gasteiger partial charge is 0.465 e. The zero-order valence-corrected chi connectivity index (χ0v) is 19.8. The molecule has 0 atom stereocenters. The molecule has 0 radical (unpaired) electrons. The first-order valence-corrected chi connectivity index (χ1v) is 11.1. The van der Waals surface area contributed by atoms with Gasteiger partial charge in [0.15, 0.2) is 0 Å². The number of anilines is 3. The number of nitrogens with one attached hydrogen (secondary N) is 1. The summed E-state index contributed by atoms with van der Waals surface area (Å²) in [5.74, 6) is -1.35. The lowest BCUT2D eigenvalue weighted by Crippen LogP contribution is -2.36. The van der Waals surface area contributed by atoms with Crippen molar-refractivity contribution in [2.75, 3.05) is 76.1 Å². The predicted molar refractivity (Wildman–Crippen MR) is 131 cm³/mol. The van der Waals surface area contributed by atoms with Gasteiger partial charge < -0.3 is 40.6 Å². The Morgan fingerprint density at radius 3 is 2.26 bits per heavy atom. The number of carbonyl (C=O) groups is 2. The SMILES string of the molecule is C1COCCN1.COC(=O)c1cc(N)ccc1F.Nc1ccc(N2CCOCC2)c(COC=O)c1. The van der Waals surface area contributed by atoms with Crippen LogP contribution in [0.1, 0.15) is 15.9 Å². The van der Waals surface area contributed by atoms with Crippen LogP contribution in [-0.4, -0.2) is 72.2 Å². The van der Waals surface area contributed by atoms with Gasteiger partial charge in [0, 0.05) is 48.8 Å². The van der Waals surface area contributed by atoms with E-state index in [1.807, 2.05) is 18.2 Å². The van der Waals surface area contributed by atoms with Crippen molar-refractivity contribution in [2.24, 2.45) is 0 Å². The second-order valence-electron chi connectivity index (χ2n) is 7.49. The third kappa shape index (κ3) is 9.77. The van der Waals surface area contributed by atoms with Gasteiger partial charge in [0.25, 0.3) is 6.47 Å². The van der Waals surface area contributed by atoms with E-state index in [0.29, 0.717) is 17.8 Å². The highest BCUT2D eigenvalue weighted by Crippen LogP contribution is 2.24. The standard InChI is InChI=1S/C12H16N2O3.C8H8FNO2.C4H9NO/c13-11-1-2-12(10(7-11)8-17-9-15)14-3-5-16-6-4-14;1-12-8(11)6-4-5(10)2-3-7(6)9;1-3-6-4-2-5-1/h1-2,7,9H,3-6,8,13H2;2-4H,10H2,1H3;5H,1-4H2. The molecule has 2 aromatic carbocycles. The number of methoxy groups -OCH3 is 1. The van der Waals surface area contributed by atoms with Gasteiger partial charge in [-0.15, -0.1) is 0 Å². The Morgan fingerprint density at radius 1 is 1.06 bits per heavy atom. The molecule has 2 aromatic rings. The Hall–Kier alpha value is -3.41. The molecule has 2 fully saturated rings. The lowest BCUT2D eigenvalue weighted by molar-refractivity contribution is -0.129. The normalized spacial score (nSPS) is 15.0. The van der Waals surface area contributed by atoms with E-state index in [9.17, 15) is 14.0 Å². The van der Waals surface area contributed by atoms with Crippen molar-refractivity contribution < 1.29 is 32.9 Å². The van der Waals surface area contributed by atoms with Crippen molar-refractivity contribution in [1.82, 2.24) is 5.32 Å². The molecule has 0 aromatic heterocycles. The Morgan fingerprint density at radius 2 is 1.69 bits per heavy atom. The molecule has 4 rings (SSSR count). The maximum Gasteiger partial charge on any atom is 0.340 e. The van der Waals surface area contributed by atoms with Gasteiger partial charge in [-0.2, -0.15) is 0 Å². The van der Waals surface area contributed by atoms with Gasteiger partial charge >= 0.3 is 5.97 Å². The Kier molecular flexibility index (Phi) is 12.3. The van der Waals surface area contributed by atoms with E-state index in [1.165, 1.54) is 19.2 Å². The van der Waals surface area contributed by atoms with Gasteiger partial charge in [0.2, 0.25) is 0 Å². The van der Waals surface area contributed by atoms with Crippen LogP contribution < -0.4 is 21.7 Å². The third-order valence-electron chi connectivity index (χ3n) is 5.00. The molecule has 0 amide bonds. The lowest BCUT2D eigenvalue weighted by atomic mass is 10.1. The Balaban J connectivity index is 0.000000207. The smallest absolute Gasteiger partial charge is 0.340 e. The fourth-order valence-corrected chi connectivity index (χ4v) is 3.28. The van der Waals surface area contributed by atoms with Gasteiger partial charge in [-0.05, 0) is 36.4 Å². The van der Waals surface area contributed by atoms with Crippen LogP contribution >= 0.6 is 0 Å². The summed E-state index contributed by atoms with van der Waals surface area (Å²) in [7, 11) is 1.19. The summed E-state index contributed by atoms with van der Waals surface area (Å²) in [6.45, 7) is 7.67. The number of nitrogen functional groups attached to an aromatic ring is 2. The van der Waals surface area contributed by atoms with E-state index in [-0.39, 0.29) is 12.2 Å². The first-order chi connectivity index (χ1) is 17.0. The van der Waals surface area contributed by atoms with E-state index in [4.69, 9.17) is 25.7 Å². The van der Waals surface area contributed by atoms with E-state index < -0.39 is 11.8 Å². The number of ether oxygens (including phenoxy) is 4. The van der Waals surface area contributed by atoms with Crippen molar-refractivity contribution in [1.29, 1.82) is 0 Å². The fraction of sp³-hybridized carbons (Fsp3) is 0.417. The minimum absolute atomic E-state index is 0.141. The van der Waals surface area contributed by atoms with Crippen LogP contribution in [0.25, 0.3) is 0 Å². The van der Waals surface area contributed by atoms with E-state index in [2.05, 4.69) is 15.0 Å². The highest BCUT2D eigenvalue weighted by molar-refractivity contribution is 5.90. The summed E-state index contributed by atoms with van der Waals surface area (Å²) >= 11 is 0. The number of esters is 1. The van der Waals surface area contributed by atoms with E-state index in [0.717, 1.165) is 69.9 Å². The second-order valence-corrected chi connectivity index (χ2v) is 7.49. The Labute approximate surface area is 204 Å². The van der Waals surface area contributed by atoms with Gasteiger partial charge in [0.1, 0.15) is 12.4 Å². The molecule has 11 heteroatoms. The highest BCUT2D eigenvalue weighted by Gasteiger charge is 2.15. The van der Waals surface area contributed by atoms with Crippen LogP contribution in [-0.2, 0) is 30.3 Å². The zero-order valence-electron chi connectivity index (χ0n) is 19.8. The lowest BCUT2D eigenvalue weighted by Gasteiger charge is -2.30. The molecule has 2 heterocycles. The predicted octanol–water partition coefficient (Wildman–Crippen LogP) is 1.58. The first-order valence-electron chi connectivity index (χ1n) is 11.1. The van der Waals surface area contributed by atoms with Crippen molar-refractivity contribution >= 4 is 29.5 Å². The number of nitrogens with zero attached hydrogens (tertiary/aromatic N) is 1. The molecule has 5 N–H and O–H groups in total. The van der Waals surface area contributed by atoms with Crippen LogP contribution in [0.3, 0.4) is 0 Å². The molecule has 0 bridgehead atoms. The molecule has 2 aliphatic heterocycles.